The summed E-state index contributed by atoms with van der Waals surface area (Å²) in [7, 11) is 0. The first-order valence-electron chi connectivity index (χ1n) is 7.22. The molecule has 2 heterocycles. The largest absolute Gasteiger partial charge is 0.471 e. The Kier molecular flexibility index (Phi) is 4.22. The van der Waals surface area contributed by atoms with Crippen molar-refractivity contribution >= 4 is 5.91 Å². The van der Waals surface area contributed by atoms with E-state index in [1.165, 1.54) is 11.1 Å². The third-order valence-electron chi connectivity index (χ3n) is 3.66. The summed E-state index contributed by atoms with van der Waals surface area (Å²) in [5.74, 6) is 0.0274. The molecule has 116 valence electrons. The predicted octanol–water partition coefficient (Wildman–Crippen LogP) is 1.28. The van der Waals surface area contributed by atoms with Crippen LogP contribution in [-0.2, 0) is 4.79 Å². The van der Waals surface area contributed by atoms with E-state index in [0.717, 1.165) is 0 Å². The Morgan fingerprint density at radius 2 is 2.09 bits per heavy atom. The molecule has 23 heavy (non-hydrogen) atoms. The maximum absolute atomic E-state index is 12.2. The second-order valence-corrected chi connectivity index (χ2v) is 5.29. The topological polar surface area (TPSA) is 86.5 Å². The number of ether oxygens (including phenoxy) is 1. The summed E-state index contributed by atoms with van der Waals surface area (Å²) < 4.78 is 5.62. The van der Waals surface area contributed by atoms with Gasteiger partial charge in [-0.2, -0.15) is 5.26 Å². The van der Waals surface area contributed by atoms with E-state index in [0.29, 0.717) is 30.1 Å². The standard InChI is InChI=1S/C17H15N3O3/c18-9-12-6-7-19-15(8-12)23-14-10-20(11-14)17(22)16(21)13-4-2-1-3-5-13/h1-8,14,16,21H,10-11H2. The van der Waals surface area contributed by atoms with Gasteiger partial charge in [0.25, 0.3) is 5.91 Å². The van der Waals surface area contributed by atoms with Gasteiger partial charge < -0.3 is 14.7 Å². The van der Waals surface area contributed by atoms with Crippen LogP contribution in [0.3, 0.4) is 0 Å². The van der Waals surface area contributed by atoms with Crippen molar-refractivity contribution in [3.8, 4) is 11.9 Å². The Balaban J connectivity index is 1.54. The van der Waals surface area contributed by atoms with Crippen LogP contribution in [0.25, 0.3) is 0 Å². The zero-order valence-electron chi connectivity index (χ0n) is 12.3. The second kappa shape index (κ2) is 6.46. The number of nitrogens with zero attached hydrogens (tertiary/aromatic N) is 3. The molecule has 1 atom stereocenters. The maximum Gasteiger partial charge on any atom is 0.256 e. The second-order valence-electron chi connectivity index (χ2n) is 5.29. The lowest BCUT2D eigenvalue weighted by Crippen LogP contribution is -2.57. The number of rotatable bonds is 4. The van der Waals surface area contributed by atoms with E-state index in [2.05, 4.69) is 4.98 Å². The van der Waals surface area contributed by atoms with Crippen LogP contribution in [0.4, 0.5) is 0 Å². The van der Waals surface area contributed by atoms with Crippen molar-refractivity contribution in [3.05, 3.63) is 59.8 Å². The monoisotopic (exact) mass is 309 g/mol. The highest BCUT2D eigenvalue weighted by atomic mass is 16.5. The van der Waals surface area contributed by atoms with Crippen molar-refractivity contribution in [2.24, 2.45) is 0 Å². The molecule has 1 unspecified atom stereocenters. The molecule has 1 aliphatic heterocycles. The van der Waals surface area contributed by atoms with Crippen LogP contribution in [0.2, 0.25) is 0 Å². The van der Waals surface area contributed by atoms with Gasteiger partial charge in [0.15, 0.2) is 6.10 Å². The van der Waals surface area contributed by atoms with Crippen LogP contribution in [-0.4, -0.2) is 40.1 Å². The van der Waals surface area contributed by atoms with E-state index >= 15 is 0 Å². The molecule has 1 aromatic heterocycles. The summed E-state index contributed by atoms with van der Waals surface area (Å²) in [6.45, 7) is 0.780. The minimum atomic E-state index is -1.16. The molecule has 0 spiro atoms. The first-order valence-corrected chi connectivity index (χ1v) is 7.22. The van der Waals surface area contributed by atoms with Crippen molar-refractivity contribution in [2.45, 2.75) is 12.2 Å². The smallest absolute Gasteiger partial charge is 0.256 e. The van der Waals surface area contributed by atoms with Gasteiger partial charge in [0.1, 0.15) is 6.10 Å². The van der Waals surface area contributed by atoms with Gasteiger partial charge in [-0.25, -0.2) is 4.98 Å². The van der Waals surface area contributed by atoms with Crippen molar-refractivity contribution in [2.75, 3.05) is 13.1 Å². The molecular formula is C17H15N3O3. The quantitative estimate of drug-likeness (QED) is 0.919. The molecule has 0 bridgehead atoms. The molecule has 3 rings (SSSR count). The number of hydrogen-bond donors (Lipinski definition) is 1. The van der Waals surface area contributed by atoms with Crippen molar-refractivity contribution in [1.29, 1.82) is 5.26 Å². The van der Waals surface area contributed by atoms with E-state index < -0.39 is 6.10 Å². The zero-order valence-corrected chi connectivity index (χ0v) is 12.3. The molecule has 0 saturated carbocycles. The fraction of sp³-hybridized carbons (Fsp3) is 0.235. The number of likely N-dealkylation sites (tertiary alicyclic amines) is 1. The number of aliphatic hydroxyl groups excluding tert-OH is 1. The van der Waals surface area contributed by atoms with Crippen LogP contribution in [0, 0.1) is 11.3 Å². The van der Waals surface area contributed by atoms with Crippen molar-refractivity contribution in [3.63, 3.8) is 0 Å². The molecule has 1 amide bonds. The number of nitriles is 1. The summed E-state index contributed by atoms with van der Waals surface area (Å²) in [6, 6.07) is 14.0. The molecule has 1 aromatic carbocycles. The number of pyridine rings is 1. The zero-order chi connectivity index (χ0) is 16.2. The summed E-state index contributed by atoms with van der Waals surface area (Å²) in [4.78, 5) is 17.8. The molecule has 0 aliphatic carbocycles. The third-order valence-corrected chi connectivity index (χ3v) is 3.66. The molecule has 6 nitrogen and oxygen atoms in total. The molecule has 2 aromatic rings. The normalized spacial score (nSPS) is 15.4. The number of aromatic nitrogens is 1. The number of aliphatic hydroxyl groups is 1. The average Bonchev–Trinajstić information content (AvgIpc) is 2.57. The number of benzene rings is 1. The lowest BCUT2D eigenvalue weighted by atomic mass is 10.1. The lowest BCUT2D eigenvalue weighted by molar-refractivity contribution is -0.149. The summed E-state index contributed by atoms with van der Waals surface area (Å²) in [6.07, 6.45) is 0.176. The van der Waals surface area contributed by atoms with Crippen molar-refractivity contribution < 1.29 is 14.6 Å². The van der Waals surface area contributed by atoms with E-state index in [1.807, 2.05) is 12.1 Å². The van der Waals surface area contributed by atoms with Gasteiger partial charge in [0.2, 0.25) is 5.88 Å². The van der Waals surface area contributed by atoms with Gasteiger partial charge in [-0.05, 0) is 11.6 Å². The molecule has 0 radical (unpaired) electrons. The Labute approximate surface area is 133 Å². The number of carbonyl (C=O) groups is 1. The molecular weight excluding hydrogens is 294 g/mol. The van der Waals surface area contributed by atoms with E-state index in [9.17, 15) is 9.90 Å². The molecule has 6 heteroatoms. The van der Waals surface area contributed by atoms with Gasteiger partial charge in [0.05, 0.1) is 24.7 Å². The Morgan fingerprint density at radius 1 is 1.35 bits per heavy atom. The first-order chi connectivity index (χ1) is 11.2. The van der Waals surface area contributed by atoms with Gasteiger partial charge >= 0.3 is 0 Å². The molecule has 1 aliphatic rings. The highest BCUT2D eigenvalue weighted by molar-refractivity contribution is 5.82. The molecule has 1 saturated heterocycles. The summed E-state index contributed by atoms with van der Waals surface area (Å²) in [5, 5.41) is 18.9. The fourth-order valence-corrected chi connectivity index (χ4v) is 2.36. The van der Waals surface area contributed by atoms with Crippen LogP contribution in [0.5, 0.6) is 5.88 Å². The first kappa shape index (κ1) is 15.0. The third kappa shape index (κ3) is 3.30. The van der Waals surface area contributed by atoms with Crippen LogP contribution in [0.1, 0.15) is 17.2 Å². The fourth-order valence-electron chi connectivity index (χ4n) is 2.36. The van der Waals surface area contributed by atoms with Gasteiger partial charge in [-0.3, -0.25) is 4.79 Å². The van der Waals surface area contributed by atoms with E-state index in [-0.39, 0.29) is 12.0 Å². The Bertz CT molecular complexity index is 736. The predicted molar refractivity (Wildman–Crippen MR) is 81.3 cm³/mol. The minimum absolute atomic E-state index is 0.177. The van der Waals surface area contributed by atoms with Crippen LogP contribution < -0.4 is 4.74 Å². The van der Waals surface area contributed by atoms with Crippen molar-refractivity contribution in [1.82, 2.24) is 9.88 Å². The summed E-state index contributed by atoms with van der Waals surface area (Å²) in [5.41, 5.74) is 1.05. The minimum Gasteiger partial charge on any atom is -0.471 e. The molecule has 1 N–H and O–H groups in total. The summed E-state index contributed by atoms with van der Waals surface area (Å²) >= 11 is 0. The van der Waals surface area contributed by atoms with Crippen LogP contribution >= 0.6 is 0 Å². The highest BCUT2D eigenvalue weighted by Gasteiger charge is 2.35. The Morgan fingerprint density at radius 3 is 2.78 bits per heavy atom. The van der Waals surface area contributed by atoms with E-state index in [1.54, 1.807) is 36.4 Å². The molecule has 1 fully saturated rings. The van der Waals surface area contributed by atoms with Gasteiger partial charge in [0, 0.05) is 12.3 Å². The lowest BCUT2D eigenvalue weighted by Gasteiger charge is -2.39. The van der Waals surface area contributed by atoms with Gasteiger partial charge in [-0.15, -0.1) is 0 Å². The number of amides is 1. The highest BCUT2D eigenvalue weighted by Crippen LogP contribution is 2.22. The van der Waals surface area contributed by atoms with E-state index in [4.69, 9.17) is 10.00 Å². The van der Waals surface area contributed by atoms with Gasteiger partial charge in [-0.1, -0.05) is 30.3 Å². The number of carbonyl (C=O) groups excluding carboxylic acids is 1. The average molecular weight is 309 g/mol. The number of hydrogen-bond acceptors (Lipinski definition) is 5. The van der Waals surface area contributed by atoms with Crippen LogP contribution in [0.15, 0.2) is 48.7 Å². The maximum atomic E-state index is 12.2. The Hall–Kier alpha value is -2.91. The SMILES string of the molecule is N#Cc1ccnc(OC2CN(C(=O)C(O)c3ccccc3)C2)c1.